The maximum Gasteiger partial charge on any atom is 0.246 e. The van der Waals surface area contributed by atoms with Crippen LogP contribution < -0.4 is 5.32 Å². The molecule has 0 saturated heterocycles. The molecule has 1 heterocycles. The number of amides is 1. The van der Waals surface area contributed by atoms with E-state index in [1.807, 2.05) is 0 Å². The molecule has 1 spiro atoms. The highest BCUT2D eigenvalue weighted by atomic mass is 32.2. The van der Waals surface area contributed by atoms with E-state index < -0.39 is 14.6 Å². The number of nitrogens with one attached hydrogen (secondary N) is 1. The fraction of sp³-hybridized carbons (Fsp3) is 0.417. The smallest absolute Gasteiger partial charge is 0.246 e. The van der Waals surface area contributed by atoms with Crippen LogP contribution in [0.4, 0.5) is 5.69 Å². The topological polar surface area (TPSA) is 63.2 Å². The molecule has 0 radical (unpaired) electrons. The van der Waals surface area contributed by atoms with Crippen LogP contribution in [0.15, 0.2) is 23.1 Å². The van der Waals surface area contributed by atoms with Crippen molar-refractivity contribution in [1.82, 2.24) is 0 Å². The van der Waals surface area contributed by atoms with Gasteiger partial charge in [-0.1, -0.05) is 12.1 Å². The van der Waals surface area contributed by atoms with Gasteiger partial charge >= 0.3 is 0 Å². The molecule has 1 fully saturated rings. The van der Waals surface area contributed by atoms with Gasteiger partial charge in [0.1, 0.15) is 0 Å². The summed E-state index contributed by atoms with van der Waals surface area (Å²) < 4.78 is 24.0. The summed E-state index contributed by atoms with van der Waals surface area (Å²) >= 11 is 0. The molecule has 2 aliphatic rings. The zero-order chi connectivity index (χ0) is 12.3. The second-order valence-electron chi connectivity index (χ2n) is 4.76. The second-order valence-corrected chi connectivity index (χ2v) is 6.95. The largest absolute Gasteiger partial charge is 0.324 e. The molecule has 5 heteroatoms. The van der Waals surface area contributed by atoms with E-state index in [-0.39, 0.29) is 5.91 Å². The molecule has 90 valence electrons. The van der Waals surface area contributed by atoms with Gasteiger partial charge in [0.05, 0.1) is 10.6 Å². The number of rotatable bonds is 0. The Morgan fingerprint density at radius 2 is 2.00 bits per heavy atom. The van der Waals surface area contributed by atoms with Gasteiger partial charge in [0, 0.05) is 0 Å². The molecule has 0 atom stereocenters. The maximum atomic E-state index is 12.6. The zero-order valence-corrected chi connectivity index (χ0v) is 10.3. The van der Waals surface area contributed by atoms with Crippen LogP contribution in [0.5, 0.6) is 0 Å². The van der Waals surface area contributed by atoms with Crippen LogP contribution in [0.1, 0.15) is 24.8 Å². The summed E-state index contributed by atoms with van der Waals surface area (Å²) in [5, 5.41) is 2.73. The van der Waals surface area contributed by atoms with Crippen molar-refractivity contribution in [2.45, 2.75) is 35.8 Å². The van der Waals surface area contributed by atoms with E-state index in [0.29, 0.717) is 29.0 Å². The van der Waals surface area contributed by atoms with Crippen LogP contribution in [0.2, 0.25) is 0 Å². The van der Waals surface area contributed by atoms with Gasteiger partial charge in [0.25, 0.3) is 0 Å². The number of carbonyl (C=O) groups excluding carboxylic acids is 1. The van der Waals surface area contributed by atoms with Gasteiger partial charge in [-0.15, -0.1) is 0 Å². The standard InChI is InChI=1S/C12H13NO3S/c1-8-4-2-5-9-10(8)17(15,16)12(6-3-7-12)11(14)13-9/h2,4-5H,3,6-7H2,1H3,(H,13,14). The first-order valence-electron chi connectivity index (χ1n) is 5.65. The molecule has 0 aromatic heterocycles. The number of anilines is 1. The summed E-state index contributed by atoms with van der Waals surface area (Å²) in [7, 11) is -3.54. The van der Waals surface area contributed by atoms with E-state index in [1.54, 1.807) is 25.1 Å². The lowest BCUT2D eigenvalue weighted by atomic mass is 9.83. The molecule has 1 aliphatic carbocycles. The third-order valence-corrected chi connectivity index (χ3v) is 6.52. The molecule has 3 rings (SSSR count). The molecule has 0 unspecified atom stereocenters. The molecule has 0 bridgehead atoms. The Hall–Kier alpha value is -1.36. The summed E-state index contributed by atoms with van der Waals surface area (Å²) in [5.74, 6) is -0.359. The van der Waals surface area contributed by atoms with Gasteiger partial charge in [-0.25, -0.2) is 8.42 Å². The Morgan fingerprint density at radius 1 is 1.29 bits per heavy atom. The van der Waals surface area contributed by atoms with Crippen molar-refractivity contribution in [3.05, 3.63) is 23.8 Å². The Morgan fingerprint density at radius 3 is 2.59 bits per heavy atom. The van der Waals surface area contributed by atoms with E-state index in [9.17, 15) is 13.2 Å². The molecule has 4 nitrogen and oxygen atoms in total. The average Bonchev–Trinajstić information content (AvgIpc) is 2.12. The number of carbonyl (C=O) groups is 1. The summed E-state index contributed by atoms with van der Waals surface area (Å²) in [6, 6.07) is 5.16. The van der Waals surface area contributed by atoms with E-state index in [2.05, 4.69) is 5.32 Å². The Labute approximate surface area is 99.9 Å². The van der Waals surface area contributed by atoms with Crippen LogP contribution in [-0.2, 0) is 14.6 Å². The highest BCUT2D eigenvalue weighted by Crippen LogP contribution is 2.48. The monoisotopic (exact) mass is 251 g/mol. The van der Waals surface area contributed by atoms with E-state index in [4.69, 9.17) is 0 Å². The van der Waals surface area contributed by atoms with Crippen molar-refractivity contribution in [3.63, 3.8) is 0 Å². The highest BCUT2D eigenvalue weighted by molar-refractivity contribution is 7.94. The first-order chi connectivity index (χ1) is 7.99. The first-order valence-corrected chi connectivity index (χ1v) is 7.13. The first kappa shape index (κ1) is 10.8. The Bertz CT molecular complexity index is 615. The minimum absolute atomic E-state index is 0.305. The fourth-order valence-electron chi connectivity index (χ4n) is 2.65. The summed E-state index contributed by atoms with van der Waals surface area (Å²) in [6.45, 7) is 1.76. The molecule has 1 aromatic rings. The number of benzene rings is 1. The fourth-order valence-corrected chi connectivity index (χ4v) is 5.07. The van der Waals surface area contributed by atoms with Crippen LogP contribution in [0.25, 0.3) is 0 Å². The van der Waals surface area contributed by atoms with Crippen LogP contribution >= 0.6 is 0 Å². The predicted molar refractivity (Wildman–Crippen MR) is 63.6 cm³/mol. The van der Waals surface area contributed by atoms with Crippen molar-refractivity contribution >= 4 is 21.4 Å². The van der Waals surface area contributed by atoms with Crippen molar-refractivity contribution in [2.24, 2.45) is 0 Å². The number of hydrogen-bond acceptors (Lipinski definition) is 3. The van der Waals surface area contributed by atoms with Gasteiger partial charge in [-0.05, 0) is 37.8 Å². The SMILES string of the molecule is Cc1cccc2c1S(=O)(=O)C1(CCC1)C(=O)N2. The normalized spacial score (nSPS) is 23.7. The zero-order valence-electron chi connectivity index (χ0n) is 9.49. The summed E-state index contributed by atoms with van der Waals surface area (Å²) in [5.41, 5.74) is 1.13. The van der Waals surface area contributed by atoms with E-state index >= 15 is 0 Å². The number of sulfone groups is 1. The number of hydrogen-bond donors (Lipinski definition) is 1. The number of fused-ring (bicyclic) bond motifs is 1. The lowest BCUT2D eigenvalue weighted by Gasteiger charge is -2.42. The molecular weight excluding hydrogens is 238 g/mol. The van der Waals surface area contributed by atoms with Crippen molar-refractivity contribution < 1.29 is 13.2 Å². The second kappa shape index (κ2) is 3.10. The van der Waals surface area contributed by atoms with Gasteiger partial charge < -0.3 is 5.32 Å². The van der Waals surface area contributed by atoms with Crippen molar-refractivity contribution in [3.8, 4) is 0 Å². The van der Waals surface area contributed by atoms with E-state index in [0.717, 1.165) is 6.42 Å². The summed E-state index contributed by atoms with van der Waals surface area (Å²) in [6.07, 6.45) is 1.68. The minimum Gasteiger partial charge on any atom is -0.324 e. The van der Waals surface area contributed by atoms with Crippen molar-refractivity contribution in [1.29, 1.82) is 0 Å². The Balaban J connectivity index is 2.33. The van der Waals surface area contributed by atoms with E-state index in [1.165, 1.54) is 0 Å². The molecule has 17 heavy (non-hydrogen) atoms. The lowest BCUT2D eigenvalue weighted by molar-refractivity contribution is -0.120. The minimum atomic E-state index is -3.54. The molecule has 1 amide bonds. The third-order valence-electron chi connectivity index (χ3n) is 3.82. The van der Waals surface area contributed by atoms with Crippen molar-refractivity contribution in [2.75, 3.05) is 5.32 Å². The molecule has 1 aromatic carbocycles. The third kappa shape index (κ3) is 1.12. The van der Waals surface area contributed by atoms with Gasteiger partial charge in [0.15, 0.2) is 14.6 Å². The molecular formula is C12H13NO3S. The quantitative estimate of drug-likeness (QED) is 0.762. The lowest BCUT2D eigenvalue weighted by Crippen LogP contribution is -2.57. The highest BCUT2D eigenvalue weighted by Gasteiger charge is 2.58. The van der Waals surface area contributed by atoms with Crippen LogP contribution in [0.3, 0.4) is 0 Å². The summed E-state index contributed by atoms with van der Waals surface area (Å²) in [4.78, 5) is 12.3. The Kier molecular flexibility index (Phi) is 1.96. The maximum absolute atomic E-state index is 12.6. The number of aryl methyl sites for hydroxylation is 1. The van der Waals surface area contributed by atoms with Crippen LogP contribution in [-0.4, -0.2) is 19.1 Å². The molecule has 1 aliphatic heterocycles. The molecule has 1 N–H and O–H groups in total. The van der Waals surface area contributed by atoms with Gasteiger partial charge in [-0.3, -0.25) is 4.79 Å². The van der Waals surface area contributed by atoms with Gasteiger partial charge in [-0.2, -0.15) is 0 Å². The average molecular weight is 251 g/mol. The van der Waals surface area contributed by atoms with Crippen LogP contribution in [0, 0.1) is 6.92 Å². The predicted octanol–water partition coefficient (Wildman–Crippen LogP) is 1.64. The van der Waals surface area contributed by atoms with Gasteiger partial charge in [0.2, 0.25) is 5.91 Å². The molecule has 1 saturated carbocycles.